The minimum Gasteiger partial charge on any atom is -0.508 e. The Morgan fingerprint density at radius 3 is 2.39 bits per heavy atom. The summed E-state index contributed by atoms with van der Waals surface area (Å²) in [6.45, 7) is 15.2. The van der Waals surface area contributed by atoms with Crippen molar-refractivity contribution in [3.63, 3.8) is 0 Å². The van der Waals surface area contributed by atoms with Gasteiger partial charge in [-0.05, 0) is 71.4 Å². The predicted molar refractivity (Wildman–Crippen MR) is 155 cm³/mol. The minimum atomic E-state index is -2.20. The summed E-state index contributed by atoms with van der Waals surface area (Å²) in [7, 11) is -0.806. The zero-order valence-electron chi connectivity index (χ0n) is 24.0. The number of phenols is 1. The number of aliphatic hydroxyl groups is 1. The second-order valence-electron chi connectivity index (χ2n) is 12.5. The lowest BCUT2D eigenvalue weighted by Crippen LogP contribution is -2.43. The molecule has 0 saturated carbocycles. The normalized spacial score (nSPS) is 18.6. The second kappa shape index (κ2) is 11.2. The first kappa shape index (κ1) is 29.8. The van der Waals surface area contributed by atoms with Crippen LogP contribution in [-0.2, 0) is 21.2 Å². The number of benzene rings is 2. The number of esters is 1. The summed E-state index contributed by atoms with van der Waals surface area (Å²) in [6, 6.07) is 13.0. The minimum absolute atomic E-state index is 0.00246. The van der Waals surface area contributed by atoms with Gasteiger partial charge in [-0.25, -0.2) is 4.79 Å². The van der Waals surface area contributed by atoms with Crippen molar-refractivity contribution in [3.8, 4) is 5.75 Å². The number of methoxy groups -OCH3 is 1. The molecule has 1 heterocycles. The van der Waals surface area contributed by atoms with Gasteiger partial charge in [0, 0.05) is 18.2 Å². The van der Waals surface area contributed by atoms with E-state index in [0.29, 0.717) is 24.0 Å². The molecular formula is C31H43NO5Si. The number of hydrogen-bond acceptors (Lipinski definition) is 6. The van der Waals surface area contributed by atoms with Crippen LogP contribution < -0.4 is 0 Å². The quantitative estimate of drug-likeness (QED) is 0.255. The molecule has 7 heteroatoms. The Morgan fingerprint density at radius 1 is 1.11 bits per heavy atom. The number of carbonyl (C=O) groups excluding carboxylic acids is 1. The van der Waals surface area contributed by atoms with Crippen LogP contribution >= 0.6 is 0 Å². The number of hydrogen-bond donors (Lipinski definition) is 2. The first-order valence-electron chi connectivity index (χ1n) is 13.2. The molecule has 0 bridgehead atoms. The van der Waals surface area contributed by atoms with Crippen LogP contribution in [0.4, 0.5) is 0 Å². The van der Waals surface area contributed by atoms with Crippen molar-refractivity contribution in [1.82, 2.24) is 0 Å². The van der Waals surface area contributed by atoms with Gasteiger partial charge >= 0.3 is 5.97 Å². The van der Waals surface area contributed by atoms with E-state index in [-0.39, 0.29) is 34.9 Å². The number of rotatable bonds is 10. The van der Waals surface area contributed by atoms with Gasteiger partial charge in [-0.2, -0.15) is 0 Å². The molecule has 6 nitrogen and oxygen atoms in total. The van der Waals surface area contributed by atoms with E-state index in [1.165, 1.54) is 7.11 Å². The van der Waals surface area contributed by atoms with E-state index >= 15 is 0 Å². The summed E-state index contributed by atoms with van der Waals surface area (Å²) in [5.41, 5.74) is 2.10. The number of aliphatic hydroxyl groups excluding tert-OH is 1. The van der Waals surface area contributed by atoms with Gasteiger partial charge in [0.15, 0.2) is 8.32 Å². The fraction of sp³-hybridized carbons (Fsp3) is 0.484. The third kappa shape index (κ3) is 6.63. The first-order chi connectivity index (χ1) is 17.6. The maximum absolute atomic E-state index is 12.2. The SMILES string of the molecule is COC(=O)c1cccc(C(C)(C)CC2(CC(O[Si](C)(C)C(C)(C)C)c3ccc(O)c(CO)c3)C=CC=N2)c1. The molecule has 2 N–H and O–H groups in total. The smallest absolute Gasteiger partial charge is 0.337 e. The maximum atomic E-state index is 12.2. The van der Waals surface area contributed by atoms with Gasteiger partial charge in [0.25, 0.3) is 0 Å². The van der Waals surface area contributed by atoms with Crippen molar-refractivity contribution < 1.29 is 24.2 Å². The molecule has 0 fully saturated rings. The number of nitrogens with zero attached hydrogens (tertiary/aromatic N) is 1. The van der Waals surface area contributed by atoms with Crippen LogP contribution in [0.2, 0.25) is 18.1 Å². The molecule has 2 unspecified atom stereocenters. The Hall–Kier alpha value is -2.74. The highest BCUT2D eigenvalue weighted by Crippen LogP contribution is 2.46. The van der Waals surface area contributed by atoms with Gasteiger partial charge < -0.3 is 19.4 Å². The van der Waals surface area contributed by atoms with Crippen LogP contribution in [0.3, 0.4) is 0 Å². The molecule has 0 radical (unpaired) electrons. The molecule has 0 aliphatic carbocycles. The number of carbonyl (C=O) groups is 1. The molecule has 2 atom stereocenters. The van der Waals surface area contributed by atoms with E-state index in [1.54, 1.807) is 12.1 Å². The molecule has 206 valence electrons. The molecule has 2 aromatic carbocycles. The molecule has 38 heavy (non-hydrogen) atoms. The van der Waals surface area contributed by atoms with E-state index < -0.39 is 13.9 Å². The van der Waals surface area contributed by atoms with Crippen molar-refractivity contribution in [2.24, 2.45) is 4.99 Å². The van der Waals surface area contributed by atoms with Gasteiger partial charge in [0.05, 0.1) is 30.9 Å². The van der Waals surface area contributed by atoms with Crippen LogP contribution in [0, 0.1) is 0 Å². The number of aromatic hydroxyl groups is 1. The van der Waals surface area contributed by atoms with Crippen molar-refractivity contribution in [2.45, 2.75) is 89.3 Å². The fourth-order valence-electron chi connectivity index (χ4n) is 4.82. The highest BCUT2D eigenvalue weighted by atomic mass is 28.4. The Bertz CT molecular complexity index is 1200. The molecule has 0 spiro atoms. The van der Waals surface area contributed by atoms with Crippen LogP contribution in [0.1, 0.15) is 80.6 Å². The van der Waals surface area contributed by atoms with Gasteiger partial charge in [0.2, 0.25) is 0 Å². The number of ether oxygens (including phenoxy) is 1. The Balaban J connectivity index is 2.02. The van der Waals surface area contributed by atoms with Gasteiger partial charge in [-0.1, -0.05) is 58.9 Å². The highest BCUT2D eigenvalue weighted by Gasteiger charge is 2.43. The lowest BCUT2D eigenvalue weighted by Gasteiger charge is -2.42. The predicted octanol–water partition coefficient (Wildman–Crippen LogP) is 6.87. The van der Waals surface area contributed by atoms with Crippen molar-refractivity contribution >= 4 is 20.5 Å². The average molecular weight is 538 g/mol. The van der Waals surface area contributed by atoms with Crippen LogP contribution in [0.5, 0.6) is 5.75 Å². The average Bonchev–Trinajstić information content (AvgIpc) is 3.29. The lowest BCUT2D eigenvalue weighted by molar-refractivity contribution is 0.0600. The summed E-state index contributed by atoms with van der Waals surface area (Å²) in [5, 5.41) is 20.0. The first-order valence-corrected chi connectivity index (χ1v) is 16.1. The van der Waals surface area contributed by atoms with E-state index in [1.807, 2.05) is 42.6 Å². The molecule has 2 aromatic rings. The Morgan fingerprint density at radius 2 is 1.82 bits per heavy atom. The van der Waals surface area contributed by atoms with Crippen molar-refractivity contribution in [1.29, 1.82) is 0 Å². The molecule has 0 saturated heterocycles. The molecular weight excluding hydrogens is 494 g/mol. The van der Waals surface area contributed by atoms with Crippen LogP contribution in [-0.4, -0.2) is 43.4 Å². The van der Waals surface area contributed by atoms with E-state index in [4.69, 9.17) is 14.2 Å². The zero-order valence-corrected chi connectivity index (χ0v) is 25.0. The summed E-state index contributed by atoms with van der Waals surface area (Å²) in [4.78, 5) is 17.2. The maximum Gasteiger partial charge on any atom is 0.337 e. The summed E-state index contributed by atoms with van der Waals surface area (Å²) >= 11 is 0. The fourth-order valence-corrected chi connectivity index (χ4v) is 6.10. The van der Waals surface area contributed by atoms with E-state index in [2.05, 4.69) is 53.8 Å². The summed E-state index contributed by atoms with van der Waals surface area (Å²) in [6.07, 6.45) is 6.98. The summed E-state index contributed by atoms with van der Waals surface area (Å²) < 4.78 is 11.9. The topological polar surface area (TPSA) is 88.4 Å². The summed E-state index contributed by atoms with van der Waals surface area (Å²) in [5.74, 6) is -0.284. The van der Waals surface area contributed by atoms with E-state index in [0.717, 1.165) is 11.1 Å². The van der Waals surface area contributed by atoms with Gasteiger partial charge in [-0.3, -0.25) is 4.99 Å². The molecule has 0 aromatic heterocycles. The van der Waals surface area contributed by atoms with Crippen LogP contribution in [0.15, 0.2) is 59.6 Å². The van der Waals surface area contributed by atoms with Gasteiger partial charge in [0.1, 0.15) is 5.75 Å². The Kier molecular flexibility index (Phi) is 8.76. The third-order valence-electron chi connectivity index (χ3n) is 8.07. The molecule has 0 amide bonds. The Labute approximate surface area is 228 Å². The van der Waals surface area contributed by atoms with Crippen molar-refractivity contribution in [2.75, 3.05) is 7.11 Å². The highest BCUT2D eigenvalue weighted by molar-refractivity contribution is 6.74. The number of allylic oxidation sites excluding steroid dienone is 1. The molecule has 3 rings (SSSR count). The zero-order chi connectivity index (χ0) is 28.4. The van der Waals surface area contributed by atoms with Crippen LogP contribution in [0.25, 0.3) is 0 Å². The standard InChI is InChI=1S/C31H43NO5Si/c1-29(2,3)38(7,8)37-27(22-13-14-26(34)24(17-22)20-33)19-31(15-10-16-32-31)21-30(4,5)25-12-9-11-23(18-25)28(35)36-6/h9-18,27,33-34H,19-21H2,1-8H3. The monoisotopic (exact) mass is 537 g/mol. The lowest BCUT2D eigenvalue weighted by atomic mass is 9.72. The number of aliphatic imine (C=N–C) groups is 1. The third-order valence-corrected chi connectivity index (χ3v) is 12.6. The largest absolute Gasteiger partial charge is 0.508 e. The molecule has 1 aliphatic heterocycles. The molecule has 1 aliphatic rings. The van der Waals surface area contributed by atoms with Crippen molar-refractivity contribution in [3.05, 3.63) is 76.9 Å². The van der Waals surface area contributed by atoms with E-state index in [9.17, 15) is 15.0 Å². The van der Waals surface area contributed by atoms with Gasteiger partial charge in [-0.15, -0.1) is 0 Å². The second-order valence-corrected chi connectivity index (χ2v) is 17.2.